The number of nitrogens with zero attached hydrogens (tertiary/aromatic N) is 1. The minimum absolute atomic E-state index is 0.253. The highest BCUT2D eigenvalue weighted by Crippen LogP contribution is 2.32. The van der Waals surface area contributed by atoms with E-state index in [2.05, 4.69) is 10.3 Å². The first-order chi connectivity index (χ1) is 14.0. The molecule has 7 heteroatoms. The largest absolute Gasteiger partial charge is 0.321 e. The van der Waals surface area contributed by atoms with Crippen LogP contribution < -0.4 is 5.32 Å². The molecule has 4 rings (SSSR count). The number of thiazole rings is 1. The molecule has 1 amide bonds. The predicted octanol–water partition coefficient (Wildman–Crippen LogP) is 7.69. The second-order valence-electron chi connectivity index (χ2n) is 6.17. The maximum Gasteiger partial charge on any atom is 0.255 e. The van der Waals surface area contributed by atoms with Gasteiger partial charge < -0.3 is 5.32 Å². The van der Waals surface area contributed by atoms with Gasteiger partial charge >= 0.3 is 0 Å². The van der Waals surface area contributed by atoms with Gasteiger partial charge in [-0.15, -0.1) is 11.3 Å². The minimum Gasteiger partial charge on any atom is -0.321 e. The van der Waals surface area contributed by atoms with Crippen molar-refractivity contribution in [3.63, 3.8) is 0 Å². The van der Waals surface area contributed by atoms with Crippen LogP contribution in [0, 0.1) is 0 Å². The average molecular weight is 460 g/mol. The molecule has 0 aliphatic rings. The SMILES string of the molecule is O=C(Nc1ccc(Cl)cc1Cl)c1ccc(-c2nc(-c3ccccc3Cl)cs2)cc1. The molecule has 144 valence electrons. The fourth-order valence-electron chi connectivity index (χ4n) is 2.75. The molecule has 1 heterocycles. The average Bonchev–Trinajstić information content (AvgIpc) is 3.20. The summed E-state index contributed by atoms with van der Waals surface area (Å²) in [6, 6.07) is 19.8. The van der Waals surface area contributed by atoms with Crippen molar-refractivity contribution in [3.05, 3.63) is 92.7 Å². The third-order valence-electron chi connectivity index (χ3n) is 4.23. The predicted molar refractivity (Wildman–Crippen MR) is 122 cm³/mol. The van der Waals surface area contributed by atoms with E-state index in [1.807, 2.05) is 41.8 Å². The van der Waals surface area contributed by atoms with E-state index in [9.17, 15) is 4.79 Å². The molecular weight excluding hydrogens is 447 g/mol. The number of carbonyl (C=O) groups is 1. The van der Waals surface area contributed by atoms with Crippen LogP contribution >= 0.6 is 46.1 Å². The molecule has 1 N–H and O–H groups in total. The van der Waals surface area contributed by atoms with Crippen molar-refractivity contribution in [2.24, 2.45) is 0 Å². The number of anilines is 1. The number of amides is 1. The summed E-state index contributed by atoms with van der Waals surface area (Å²) in [7, 11) is 0. The molecule has 0 atom stereocenters. The lowest BCUT2D eigenvalue weighted by Gasteiger charge is -2.08. The Labute approximate surface area is 186 Å². The van der Waals surface area contributed by atoms with Gasteiger partial charge in [0.2, 0.25) is 0 Å². The zero-order valence-corrected chi connectivity index (χ0v) is 17.9. The van der Waals surface area contributed by atoms with Crippen LogP contribution in [0.5, 0.6) is 0 Å². The fraction of sp³-hybridized carbons (Fsp3) is 0. The highest BCUT2D eigenvalue weighted by atomic mass is 35.5. The maximum atomic E-state index is 12.5. The van der Waals surface area contributed by atoms with Gasteiger partial charge in [-0.05, 0) is 36.4 Å². The van der Waals surface area contributed by atoms with E-state index in [1.54, 1.807) is 30.3 Å². The molecular formula is C22H13Cl3N2OS. The Kier molecular flexibility index (Phi) is 5.88. The Balaban J connectivity index is 1.52. The lowest BCUT2D eigenvalue weighted by atomic mass is 10.1. The second kappa shape index (κ2) is 8.56. The van der Waals surface area contributed by atoms with E-state index in [1.165, 1.54) is 11.3 Å². The summed E-state index contributed by atoms with van der Waals surface area (Å²) in [5.41, 5.74) is 3.67. The van der Waals surface area contributed by atoms with E-state index in [-0.39, 0.29) is 5.91 Å². The van der Waals surface area contributed by atoms with Crippen molar-refractivity contribution in [2.45, 2.75) is 0 Å². The highest BCUT2D eigenvalue weighted by Gasteiger charge is 2.12. The van der Waals surface area contributed by atoms with Crippen molar-refractivity contribution in [2.75, 3.05) is 5.32 Å². The Morgan fingerprint density at radius 2 is 1.66 bits per heavy atom. The Bertz CT molecular complexity index is 1190. The number of hydrogen-bond acceptors (Lipinski definition) is 3. The minimum atomic E-state index is -0.253. The van der Waals surface area contributed by atoms with E-state index >= 15 is 0 Å². The molecule has 29 heavy (non-hydrogen) atoms. The first-order valence-corrected chi connectivity index (χ1v) is 10.6. The van der Waals surface area contributed by atoms with Crippen LogP contribution in [0.25, 0.3) is 21.8 Å². The summed E-state index contributed by atoms with van der Waals surface area (Å²) in [5, 5.41) is 7.18. The first-order valence-electron chi connectivity index (χ1n) is 8.58. The number of hydrogen-bond donors (Lipinski definition) is 1. The van der Waals surface area contributed by atoms with Crippen LogP contribution in [0.15, 0.2) is 72.1 Å². The maximum absolute atomic E-state index is 12.5. The Hall–Kier alpha value is -2.37. The molecule has 3 aromatic carbocycles. The zero-order valence-electron chi connectivity index (χ0n) is 14.8. The summed E-state index contributed by atoms with van der Waals surface area (Å²) in [5.74, 6) is -0.253. The van der Waals surface area contributed by atoms with E-state index < -0.39 is 0 Å². The summed E-state index contributed by atoms with van der Waals surface area (Å²) in [6.45, 7) is 0. The van der Waals surface area contributed by atoms with E-state index in [0.29, 0.717) is 26.3 Å². The van der Waals surface area contributed by atoms with Crippen LogP contribution in [-0.2, 0) is 0 Å². The lowest BCUT2D eigenvalue weighted by Crippen LogP contribution is -2.12. The lowest BCUT2D eigenvalue weighted by molar-refractivity contribution is 0.102. The van der Waals surface area contributed by atoms with Crippen molar-refractivity contribution in [3.8, 4) is 21.8 Å². The molecule has 0 aliphatic heterocycles. The fourth-order valence-corrected chi connectivity index (χ4v) is 4.26. The smallest absolute Gasteiger partial charge is 0.255 e. The highest BCUT2D eigenvalue weighted by molar-refractivity contribution is 7.13. The molecule has 0 spiro atoms. The molecule has 0 radical (unpaired) electrons. The molecule has 0 bridgehead atoms. The Morgan fingerprint density at radius 3 is 2.38 bits per heavy atom. The molecule has 0 fully saturated rings. The van der Waals surface area contributed by atoms with Gasteiger partial charge in [-0.25, -0.2) is 4.98 Å². The second-order valence-corrected chi connectivity index (χ2v) is 8.28. The Morgan fingerprint density at radius 1 is 0.897 bits per heavy atom. The number of aromatic nitrogens is 1. The topological polar surface area (TPSA) is 42.0 Å². The molecule has 0 aliphatic carbocycles. The standard InChI is InChI=1S/C22H13Cl3N2OS/c23-15-9-10-19(18(25)11-15)26-21(28)13-5-7-14(8-6-13)22-27-20(12-29-22)16-3-1-2-4-17(16)24/h1-12H,(H,26,28). The van der Waals surface area contributed by atoms with Gasteiger partial charge in [-0.2, -0.15) is 0 Å². The van der Waals surface area contributed by atoms with Crippen LogP contribution in [0.4, 0.5) is 5.69 Å². The number of carbonyl (C=O) groups excluding carboxylic acids is 1. The number of rotatable bonds is 4. The van der Waals surface area contributed by atoms with Gasteiger partial charge in [0.05, 0.1) is 16.4 Å². The van der Waals surface area contributed by atoms with Crippen LogP contribution in [0.1, 0.15) is 10.4 Å². The van der Waals surface area contributed by atoms with Crippen LogP contribution in [0.2, 0.25) is 15.1 Å². The number of benzene rings is 3. The molecule has 0 unspecified atom stereocenters. The summed E-state index contributed by atoms with van der Waals surface area (Å²) >= 11 is 19.8. The number of nitrogens with one attached hydrogen (secondary N) is 1. The van der Waals surface area contributed by atoms with Gasteiger partial charge in [-0.1, -0.05) is 65.1 Å². The van der Waals surface area contributed by atoms with Gasteiger partial charge in [-0.3, -0.25) is 4.79 Å². The molecule has 0 saturated carbocycles. The van der Waals surface area contributed by atoms with Crippen molar-refractivity contribution in [1.29, 1.82) is 0 Å². The van der Waals surface area contributed by atoms with Crippen molar-refractivity contribution < 1.29 is 4.79 Å². The monoisotopic (exact) mass is 458 g/mol. The van der Waals surface area contributed by atoms with Crippen molar-refractivity contribution in [1.82, 2.24) is 4.98 Å². The van der Waals surface area contributed by atoms with Crippen molar-refractivity contribution >= 4 is 57.7 Å². The molecule has 1 aromatic heterocycles. The summed E-state index contributed by atoms with van der Waals surface area (Å²) < 4.78 is 0. The van der Waals surface area contributed by atoms with Gasteiger partial charge in [0.15, 0.2) is 0 Å². The molecule has 0 saturated heterocycles. The summed E-state index contributed by atoms with van der Waals surface area (Å²) in [6.07, 6.45) is 0. The van der Waals surface area contributed by atoms with E-state index in [0.717, 1.165) is 21.8 Å². The molecule has 3 nitrogen and oxygen atoms in total. The van der Waals surface area contributed by atoms with Gasteiger partial charge in [0, 0.05) is 32.1 Å². The third kappa shape index (κ3) is 4.46. The zero-order chi connectivity index (χ0) is 20.4. The number of halogens is 3. The normalized spacial score (nSPS) is 10.7. The quantitative estimate of drug-likeness (QED) is 0.340. The van der Waals surface area contributed by atoms with Gasteiger partial charge in [0.25, 0.3) is 5.91 Å². The van der Waals surface area contributed by atoms with Crippen LogP contribution in [0.3, 0.4) is 0 Å². The first kappa shape index (κ1) is 19.9. The van der Waals surface area contributed by atoms with E-state index in [4.69, 9.17) is 34.8 Å². The third-order valence-corrected chi connectivity index (χ3v) is 6.00. The van der Waals surface area contributed by atoms with Gasteiger partial charge in [0.1, 0.15) is 5.01 Å². The summed E-state index contributed by atoms with van der Waals surface area (Å²) in [4.78, 5) is 17.2. The molecule has 4 aromatic rings. The van der Waals surface area contributed by atoms with Crippen LogP contribution in [-0.4, -0.2) is 10.9 Å².